The molecular formula is C32H45N5O3. The van der Waals surface area contributed by atoms with E-state index >= 15 is 0 Å². The van der Waals surface area contributed by atoms with Crippen LogP contribution in [0.5, 0.6) is 0 Å². The Labute approximate surface area is 238 Å². The van der Waals surface area contributed by atoms with Crippen molar-refractivity contribution in [1.29, 1.82) is 0 Å². The normalized spacial score (nSPS) is 18.7. The highest BCUT2D eigenvalue weighted by Crippen LogP contribution is 2.35. The van der Waals surface area contributed by atoms with Crippen molar-refractivity contribution in [3.63, 3.8) is 0 Å². The molecule has 2 aliphatic heterocycles. The third kappa shape index (κ3) is 6.50. The Morgan fingerprint density at radius 3 is 2.73 bits per heavy atom. The number of aryl methyl sites for hydroxylation is 3. The van der Waals surface area contributed by atoms with Crippen LogP contribution in [0.1, 0.15) is 75.5 Å². The summed E-state index contributed by atoms with van der Waals surface area (Å²) in [5.74, 6) is 1.52. The molecule has 1 N–H and O–H groups in total. The summed E-state index contributed by atoms with van der Waals surface area (Å²) < 4.78 is 13.9. The van der Waals surface area contributed by atoms with Gasteiger partial charge in [-0.05, 0) is 70.9 Å². The van der Waals surface area contributed by atoms with Crippen molar-refractivity contribution >= 4 is 22.7 Å². The van der Waals surface area contributed by atoms with Crippen molar-refractivity contribution in [3.05, 3.63) is 52.8 Å². The first-order valence-corrected chi connectivity index (χ1v) is 14.8. The molecule has 0 aliphatic carbocycles. The lowest BCUT2D eigenvalue weighted by Crippen LogP contribution is -2.55. The number of pyridine rings is 1. The summed E-state index contributed by atoms with van der Waals surface area (Å²) in [7, 11) is 1.94. The van der Waals surface area contributed by atoms with Crippen LogP contribution in [-0.4, -0.2) is 63.6 Å². The maximum Gasteiger partial charge on any atom is 0.328 e. The number of nitrogens with one attached hydrogen (secondary N) is 1. The second kappa shape index (κ2) is 11.9. The molecule has 0 spiro atoms. The average molecular weight is 548 g/mol. The third-order valence-electron chi connectivity index (χ3n) is 7.90. The number of ether oxygens (including phenoxy) is 2. The molecule has 0 saturated carbocycles. The molecule has 2 aliphatic rings. The zero-order chi connectivity index (χ0) is 28.4. The highest BCUT2D eigenvalue weighted by molar-refractivity contribution is 5.90. The molecule has 0 bridgehead atoms. The number of hydrogen-bond acceptors (Lipinski definition) is 7. The first kappa shape index (κ1) is 28.6. The van der Waals surface area contributed by atoms with Crippen LogP contribution in [-0.2, 0) is 34.2 Å². The number of esters is 1. The van der Waals surface area contributed by atoms with Crippen molar-refractivity contribution in [2.45, 2.75) is 84.5 Å². The maximum atomic E-state index is 13.5. The van der Waals surface area contributed by atoms with Gasteiger partial charge in [-0.1, -0.05) is 37.6 Å². The summed E-state index contributed by atoms with van der Waals surface area (Å²) in [5, 5.41) is 9.15. The Hall–Kier alpha value is -2.97. The highest BCUT2D eigenvalue weighted by Gasteiger charge is 2.41. The molecule has 2 unspecified atom stereocenters. The fraction of sp³-hybridized carbons (Fsp3) is 0.594. The minimum Gasteiger partial charge on any atom is -0.459 e. The molecule has 1 aromatic carbocycles. The van der Waals surface area contributed by atoms with Crippen molar-refractivity contribution in [2.75, 3.05) is 31.6 Å². The van der Waals surface area contributed by atoms with Crippen LogP contribution < -0.4 is 5.32 Å². The van der Waals surface area contributed by atoms with Crippen LogP contribution in [0.15, 0.2) is 30.3 Å². The minimum absolute atomic E-state index is 0.133. The quantitative estimate of drug-likeness (QED) is 0.270. The van der Waals surface area contributed by atoms with Crippen molar-refractivity contribution < 1.29 is 14.3 Å². The Morgan fingerprint density at radius 1 is 1.15 bits per heavy atom. The van der Waals surface area contributed by atoms with Gasteiger partial charge < -0.3 is 14.8 Å². The Bertz CT molecular complexity index is 1340. The molecule has 5 rings (SSSR count). The number of fused-ring (bicyclic) bond motifs is 2. The van der Waals surface area contributed by atoms with E-state index in [1.165, 1.54) is 11.3 Å². The largest absolute Gasteiger partial charge is 0.459 e. The summed E-state index contributed by atoms with van der Waals surface area (Å²) >= 11 is 0. The number of carbonyl (C=O) groups is 1. The number of benzene rings is 1. The van der Waals surface area contributed by atoms with Crippen LogP contribution in [0.3, 0.4) is 0 Å². The number of unbranched alkanes of at least 4 members (excludes halogenated alkanes) is 2. The number of hydrogen-bond donors (Lipinski definition) is 1. The van der Waals surface area contributed by atoms with Crippen LogP contribution in [0.25, 0.3) is 10.9 Å². The van der Waals surface area contributed by atoms with Crippen molar-refractivity contribution in [1.82, 2.24) is 19.7 Å². The van der Waals surface area contributed by atoms with Gasteiger partial charge in [-0.25, -0.2) is 9.78 Å². The lowest BCUT2D eigenvalue weighted by Gasteiger charge is -2.43. The first-order chi connectivity index (χ1) is 19.1. The van der Waals surface area contributed by atoms with Crippen molar-refractivity contribution in [2.24, 2.45) is 13.0 Å². The van der Waals surface area contributed by atoms with E-state index in [4.69, 9.17) is 14.5 Å². The number of likely N-dealkylation sites (tertiary alicyclic amines) is 1. The van der Waals surface area contributed by atoms with Crippen LogP contribution in [0.2, 0.25) is 0 Å². The number of rotatable bonds is 10. The van der Waals surface area contributed by atoms with E-state index < -0.39 is 11.6 Å². The molecule has 0 radical (unpaired) electrons. The Kier molecular flexibility index (Phi) is 8.47. The van der Waals surface area contributed by atoms with Gasteiger partial charge in [-0.3, -0.25) is 9.58 Å². The molecule has 0 amide bonds. The van der Waals surface area contributed by atoms with Gasteiger partial charge >= 0.3 is 5.97 Å². The smallest absolute Gasteiger partial charge is 0.328 e. The average Bonchev–Trinajstić information content (AvgIpc) is 3.16. The monoisotopic (exact) mass is 547 g/mol. The lowest BCUT2D eigenvalue weighted by molar-refractivity contribution is -0.168. The molecule has 3 aromatic rings. The van der Waals surface area contributed by atoms with Gasteiger partial charge in [-0.2, -0.15) is 5.10 Å². The second-order valence-electron chi connectivity index (χ2n) is 12.6. The van der Waals surface area contributed by atoms with Gasteiger partial charge in [0.05, 0.1) is 17.3 Å². The van der Waals surface area contributed by atoms with Gasteiger partial charge in [-0.15, -0.1) is 0 Å². The summed E-state index contributed by atoms with van der Waals surface area (Å²) in [4.78, 5) is 20.5. The second-order valence-corrected chi connectivity index (χ2v) is 12.6. The first-order valence-electron chi connectivity index (χ1n) is 14.8. The molecule has 8 heteroatoms. The molecule has 40 heavy (non-hydrogen) atoms. The van der Waals surface area contributed by atoms with Gasteiger partial charge in [0, 0.05) is 49.9 Å². The van der Waals surface area contributed by atoms with Gasteiger partial charge in [0.25, 0.3) is 0 Å². The van der Waals surface area contributed by atoms with Crippen LogP contribution >= 0.6 is 0 Å². The fourth-order valence-corrected chi connectivity index (χ4v) is 5.92. The number of anilines is 1. The van der Waals surface area contributed by atoms with E-state index in [1.54, 1.807) is 0 Å². The molecule has 1 saturated heterocycles. The van der Waals surface area contributed by atoms with E-state index in [0.29, 0.717) is 19.0 Å². The van der Waals surface area contributed by atoms with E-state index in [2.05, 4.69) is 40.4 Å². The number of carbonyl (C=O) groups excluding carboxylic acids is 1. The summed E-state index contributed by atoms with van der Waals surface area (Å²) in [6, 6.07) is 10.0. The number of aromatic nitrogens is 3. The fourth-order valence-electron chi connectivity index (χ4n) is 5.92. The SMILES string of the molecule is Cc1nn(C)c2c(C(C(=O)OC(C)(C)C)N3CC(OCCCCCc4ccc5c(n4)NCC(C)C5)C3)cccc12. The number of para-hydroxylation sites is 1. The van der Waals surface area contributed by atoms with Gasteiger partial charge in [0.2, 0.25) is 0 Å². The summed E-state index contributed by atoms with van der Waals surface area (Å²) in [5.41, 5.74) is 4.83. The molecule has 4 heterocycles. The maximum absolute atomic E-state index is 13.5. The predicted octanol–water partition coefficient (Wildman–Crippen LogP) is 5.38. The third-order valence-corrected chi connectivity index (χ3v) is 7.90. The lowest BCUT2D eigenvalue weighted by atomic mass is 9.97. The Balaban J connectivity index is 1.11. The van der Waals surface area contributed by atoms with Crippen LogP contribution in [0.4, 0.5) is 5.82 Å². The van der Waals surface area contributed by atoms with Gasteiger partial charge in [0.15, 0.2) is 0 Å². The zero-order valence-electron chi connectivity index (χ0n) is 25.0. The Morgan fingerprint density at radius 2 is 1.95 bits per heavy atom. The minimum atomic E-state index is -0.559. The number of nitrogens with zero attached hydrogens (tertiary/aromatic N) is 4. The zero-order valence-corrected chi connectivity index (χ0v) is 25.0. The van der Waals surface area contributed by atoms with E-state index in [0.717, 1.165) is 73.2 Å². The van der Waals surface area contributed by atoms with E-state index in [1.807, 2.05) is 51.6 Å². The molecule has 8 nitrogen and oxygen atoms in total. The molecular weight excluding hydrogens is 502 g/mol. The predicted molar refractivity (Wildman–Crippen MR) is 158 cm³/mol. The van der Waals surface area contributed by atoms with Gasteiger partial charge in [0.1, 0.15) is 17.5 Å². The van der Waals surface area contributed by atoms with E-state index in [-0.39, 0.29) is 12.1 Å². The topological polar surface area (TPSA) is 81.5 Å². The van der Waals surface area contributed by atoms with E-state index in [9.17, 15) is 4.79 Å². The molecule has 2 atom stereocenters. The van der Waals surface area contributed by atoms with Crippen LogP contribution in [0, 0.1) is 12.8 Å². The summed E-state index contributed by atoms with van der Waals surface area (Å²) in [6.07, 6.45) is 5.49. The molecule has 216 valence electrons. The highest BCUT2D eigenvalue weighted by atomic mass is 16.6. The molecule has 2 aromatic heterocycles. The van der Waals surface area contributed by atoms with Crippen molar-refractivity contribution in [3.8, 4) is 0 Å². The standard InChI is InChI=1S/C32H45N5O3/c1-21-17-23-14-15-24(34-30(23)33-18-21)11-8-7-9-16-39-25-19-37(20-25)29(31(38)40-32(3,4)5)27-13-10-12-26-22(2)35-36(6)28(26)27/h10,12-15,21,25,29H,7-9,11,16-20H2,1-6H3,(H,33,34). The molecule has 1 fully saturated rings. The summed E-state index contributed by atoms with van der Waals surface area (Å²) in [6.45, 7) is 13.2.